The largest absolute Gasteiger partial charge is 0.465 e. The Morgan fingerprint density at radius 2 is 1.70 bits per heavy atom. The zero-order valence-corrected chi connectivity index (χ0v) is 17.6. The maximum absolute atomic E-state index is 13.2. The number of aromatic amines is 1. The molecule has 2 aromatic carbocycles. The Balaban J connectivity index is 1.56. The molecule has 0 unspecified atom stereocenters. The van der Waals surface area contributed by atoms with E-state index in [9.17, 15) is 9.59 Å². The SMILES string of the molecule is CCOC(=O)C1(CN(CC)C(=O)Cc2c[nH]c3ccccc23)Cc2ccccc2C1. The molecule has 0 saturated carbocycles. The highest BCUT2D eigenvalue weighted by Gasteiger charge is 2.46. The van der Waals surface area contributed by atoms with Gasteiger partial charge in [0.05, 0.1) is 18.4 Å². The van der Waals surface area contributed by atoms with Gasteiger partial charge in [0.25, 0.3) is 0 Å². The number of H-pyrrole nitrogens is 1. The molecule has 1 aromatic heterocycles. The van der Waals surface area contributed by atoms with Crippen LogP contribution in [0.2, 0.25) is 0 Å². The van der Waals surface area contributed by atoms with E-state index < -0.39 is 5.41 Å². The number of para-hydroxylation sites is 1. The quantitative estimate of drug-likeness (QED) is 0.608. The van der Waals surface area contributed by atoms with Crippen LogP contribution in [0.15, 0.2) is 54.7 Å². The van der Waals surface area contributed by atoms with E-state index in [1.807, 2.05) is 61.3 Å². The Hall–Kier alpha value is -3.08. The van der Waals surface area contributed by atoms with Gasteiger partial charge in [-0.05, 0) is 49.4 Å². The molecule has 0 aliphatic heterocycles. The number of esters is 1. The first kappa shape index (κ1) is 20.2. The van der Waals surface area contributed by atoms with Gasteiger partial charge in [0.2, 0.25) is 5.91 Å². The lowest BCUT2D eigenvalue weighted by atomic mass is 9.83. The first-order valence-corrected chi connectivity index (χ1v) is 10.6. The van der Waals surface area contributed by atoms with Crippen molar-refractivity contribution in [2.45, 2.75) is 33.1 Å². The van der Waals surface area contributed by atoms with Gasteiger partial charge in [-0.3, -0.25) is 9.59 Å². The maximum atomic E-state index is 13.2. The van der Waals surface area contributed by atoms with E-state index in [-0.39, 0.29) is 11.9 Å². The molecule has 1 aliphatic carbocycles. The zero-order chi connectivity index (χ0) is 21.1. The lowest BCUT2D eigenvalue weighted by Gasteiger charge is -2.33. The predicted octanol–water partition coefficient (Wildman–Crippen LogP) is 3.91. The van der Waals surface area contributed by atoms with Gasteiger partial charge < -0.3 is 14.6 Å². The first-order valence-electron chi connectivity index (χ1n) is 10.6. The second-order valence-electron chi connectivity index (χ2n) is 8.07. The number of hydrogen-bond acceptors (Lipinski definition) is 3. The van der Waals surface area contributed by atoms with Crippen LogP contribution in [0.5, 0.6) is 0 Å². The molecule has 5 heteroatoms. The van der Waals surface area contributed by atoms with Crippen LogP contribution < -0.4 is 0 Å². The standard InChI is InChI=1S/C25H28N2O3/c1-3-27(23(28)13-20-16-26-22-12-8-7-11-21(20)22)17-25(24(29)30-4-2)14-18-9-5-6-10-19(18)15-25/h5-12,16,26H,3-4,13-15,17H2,1-2H3. The molecule has 156 valence electrons. The van der Waals surface area contributed by atoms with Gasteiger partial charge in [-0.2, -0.15) is 0 Å². The third-order valence-corrected chi connectivity index (χ3v) is 6.13. The van der Waals surface area contributed by atoms with Gasteiger partial charge in [-0.25, -0.2) is 0 Å². The van der Waals surface area contributed by atoms with Crippen molar-refractivity contribution in [1.82, 2.24) is 9.88 Å². The molecule has 1 amide bonds. The van der Waals surface area contributed by atoms with Gasteiger partial charge >= 0.3 is 5.97 Å². The molecule has 3 aromatic rings. The summed E-state index contributed by atoms with van der Waals surface area (Å²) < 4.78 is 5.47. The van der Waals surface area contributed by atoms with Gasteiger partial charge in [-0.1, -0.05) is 42.5 Å². The maximum Gasteiger partial charge on any atom is 0.314 e. The minimum absolute atomic E-state index is 0.0295. The van der Waals surface area contributed by atoms with E-state index in [2.05, 4.69) is 17.1 Å². The molecule has 30 heavy (non-hydrogen) atoms. The molecule has 1 aliphatic rings. The fraction of sp³-hybridized carbons (Fsp3) is 0.360. The smallest absolute Gasteiger partial charge is 0.314 e. The number of amides is 1. The molecular formula is C25H28N2O3. The number of nitrogens with zero attached hydrogens (tertiary/aromatic N) is 1. The van der Waals surface area contributed by atoms with Crippen molar-refractivity contribution in [3.8, 4) is 0 Å². The normalized spacial score (nSPS) is 14.5. The van der Waals surface area contributed by atoms with Crippen LogP contribution in [0.3, 0.4) is 0 Å². The third-order valence-electron chi connectivity index (χ3n) is 6.13. The van der Waals surface area contributed by atoms with E-state index in [0.29, 0.717) is 39.0 Å². The minimum atomic E-state index is -0.717. The highest BCUT2D eigenvalue weighted by atomic mass is 16.5. The number of rotatable bonds is 7. The highest BCUT2D eigenvalue weighted by molar-refractivity contribution is 5.89. The van der Waals surface area contributed by atoms with Gasteiger partial charge in [0, 0.05) is 30.2 Å². The average molecular weight is 405 g/mol. The average Bonchev–Trinajstić information content (AvgIpc) is 3.34. The first-order chi connectivity index (χ1) is 14.6. The highest BCUT2D eigenvalue weighted by Crippen LogP contribution is 2.39. The Morgan fingerprint density at radius 1 is 1.03 bits per heavy atom. The Labute approximate surface area is 177 Å². The molecule has 1 N–H and O–H groups in total. The molecule has 0 bridgehead atoms. The topological polar surface area (TPSA) is 62.4 Å². The fourth-order valence-corrected chi connectivity index (χ4v) is 4.59. The number of carbonyl (C=O) groups is 2. The summed E-state index contributed by atoms with van der Waals surface area (Å²) >= 11 is 0. The minimum Gasteiger partial charge on any atom is -0.465 e. The molecule has 0 fully saturated rings. The van der Waals surface area contributed by atoms with Crippen LogP contribution in [0, 0.1) is 5.41 Å². The number of nitrogens with one attached hydrogen (secondary N) is 1. The lowest BCUT2D eigenvalue weighted by molar-refractivity contribution is -0.157. The van der Waals surface area contributed by atoms with Gasteiger partial charge in [-0.15, -0.1) is 0 Å². The van der Waals surface area contributed by atoms with Crippen LogP contribution >= 0.6 is 0 Å². The number of benzene rings is 2. The summed E-state index contributed by atoms with van der Waals surface area (Å²) in [6, 6.07) is 16.1. The number of fused-ring (bicyclic) bond motifs is 2. The van der Waals surface area contributed by atoms with Crippen LogP contribution in [-0.2, 0) is 33.6 Å². The van der Waals surface area contributed by atoms with Crippen LogP contribution in [0.1, 0.15) is 30.5 Å². The molecule has 4 rings (SSSR count). The van der Waals surface area contributed by atoms with Crippen LogP contribution in [0.25, 0.3) is 10.9 Å². The molecule has 1 heterocycles. The van der Waals surface area contributed by atoms with Crippen molar-refractivity contribution in [3.05, 3.63) is 71.4 Å². The number of likely N-dealkylation sites (N-methyl/N-ethyl adjacent to an activating group) is 1. The summed E-state index contributed by atoms with van der Waals surface area (Å²) in [5.74, 6) is -0.179. The van der Waals surface area contributed by atoms with Crippen molar-refractivity contribution < 1.29 is 14.3 Å². The van der Waals surface area contributed by atoms with Gasteiger partial charge in [0.1, 0.15) is 0 Å². The molecular weight excluding hydrogens is 376 g/mol. The van der Waals surface area contributed by atoms with Crippen molar-refractivity contribution in [2.24, 2.45) is 5.41 Å². The van der Waals surface area contributed by atoms with E-state index in [1.165, 1.54) is 11.1 Å². The van der Waals surface area contributed by atoms with E-state index >= 15 is 0 Å². The van der Waals surface area contributed by atoms with E-state index in [1.54, 1.807) is 0 Å². The van der Waals surface area contributed by atoms with Crippen molar-refractivity contribution in [2.75, 3.05) is 19.7 Å². The molecule has 0 saturated heterocycles. The molecule has 0 atom stereocenters. The monoisotopic (exact) mass is 404 g/mol. The second kappa shape index (κ2) is 8.34. The van der Waals surface area contributed by atoms with Crippen molar-refractivity contribution >= 4 is 22.8 Å². The summed E-state index contributed by atoms with van der Waals surface area (Å²) in [4.78, 5) is 31.3. The van der Waals surface area contributed by atoms with Crippen LogP contribution in [0.4, 0.5) is 0 Å². The van der Waals surface area contributed by atoms with Crippen LogP contribution in [-0.4, -0.2) is 41.5 Å². The Bertz CT molecular complexity index is 1040. The Kier molecular flexibility index (Phi) is 5.62. The van der Waals surface area contributed by atoms with Crippen molar-refractivity contribution in [3.63, 3.8) is 0 Å². The molecule has 0 spiro atoms. The van der Waals surface area contributed by atoms with Gasteiger partial charge in [0.15, 0.2) is 0 Å². The fourth-order valence-electron chi connectivity index (χ4n) is 4.59. The summed E-state index contributed by atoms with van der Waals surface area (Å²) in [7, 11) is 0. The summed E-state index contributed by atoms with van der Waals surface area (Å²) in [5.41, 5.74) is 3.63. The Morgan fingerprint density at radius 3 is 2.37 bits per heavy atom. The van der Waals surface area contributed by atoms with E-state index in [4.69, 9.17) is 4.74 Å². The summed E-state index contributed by atoms with van der Waals surface area (Å²) in [6.07, 6.45) is 3.43. The zero-order valence-electron chi connectivity index (χ0n) is 17.6. The van der Waals surface area contributed by atoms with E-state index in [0.717, 1.165) is 16.5 Å². The number of carbonyl (C=O) groups excluding carboxylic acids is 2. The summed E-state index contributed by atoms with van der Waals surface area (Å²) in [6.45, 7) is 5.06. The second-order valence-corrected chi connectivity index (χ2v) is 8.07. The lowest BCUT2D eigenvalue weighted by Crippen LogP contribution is -2.47. The predicted molar refractivity (Wildman–Crippen MR) is 117 cm³/mol. The van der Waals surface area contributed by atoms with Crippen molar-refractivity contribution in [1.29, 1.82) is 0 Å². The third kappa shape index (κ3) is 3.72. The number of ether oxygens (including phenoxy) is 1. The number of hydrogen-bond donors (Lipinski definition) is 1. The summed E-state index contributed by atoms with van der Waals surface area (Å²) in [5, 5.41) is 1.07. The molecule has 0 radical (unpaired) electrons. The number of aromatic nitrogens is 1. The molecule has 5 nitrogen and oxygen atoms in total.